The Hall–Kier alpha value is -1.17. The van der Waals surface area contributed by atoms with Gasteiger partial charge in [-0.3, -0.25) is 4.57 Å². The van der Waals surface area contributed by atoms with E-state index in [1.807, 2.05) is 0 Å². The molecule has 2 N–H and O–H groups in total. The molecule has 7 heteroatoms. The van der Waals surface area contributed by atoms with Crippen molar-refractivity contribution in [1.82, 2.24) is 5.32 Å². The van der Waals surface area contributed by atoms with Gasteiger partial charge < -0.3 is 19.5 Å². The number of hydrogen-bond acceptors (Lipinski definition) is 5. The smallest absolute Gasteiger partial charge is 0.316 e. The van der Waals surface area contributed by atoms with Gasteiger partial charge in [0.25, 0.3) is 0 Å². The average Bonchev–Trinajstić information content (AvgIpc) is 3.30. The number of unbranched alkanes of at least 4 members (excludes halogenated alkanes) is 7. The summed E-state index contributed by atoms with van der Waals surface area (Å²) in [4.78, 5) is 9.89. The van der Waals surface area contributed by atoms with Crippen LogP contribution in [0.15, 0.2) is 35.7 Å². The van der Waals surface area contributed by atoms with Gasteiger partial charge in [0.1, 0.15) is 5.75 Å². The second-order valence-electron chi connectivity index (χ2n) is 7.78. The van der Waals surface area contributed by atoms with Crippen molar-refractivity contribution in [3.63, 3.8) is 0 Å². The topological polar surface area (TPSA) is 67.8 Å². The average molecular weight is 468 g/mol. The van der Waals surface area contributed by atoms with E-state index in [1.54, 1.807) is 11.3 Å². The Kier molecular flexibility index (Phi) is 13.9. The van der Waals surface area contributed by atoms with E-state index in [0.29, 0.717) is 13.0 Å². The molecule has 0 fully saturated rings. The molecule has 31 heavy (non-hydrogen) atoms. The highest BCUT2D eigenvalue weighted by Crippen LogP contribution is 2.34. The number of thiophene rings is 1. The van der Waals surface area contributed by atoms with Crippen LogP contribution < -0.4 is 10.1 Å². The molecule has 2 rings (SSSR count). The molecule has 1 unspecified atom stereocenters. The Morgan fingerprint density at radius 3 is 2.48 bits per heavy atom. The Bertz CT molecular complexity index is 739. The van der Waals surface area contributed by atoms with Gasteiger partial charge in [-0.1, -0.05) is 64.0 Å². The van der Waals surface area contributed by atoms with Crippen LogP contribution in [0.1, 0.15) is 70.3 Å². The second-order valence-corrected chi connectivity index (χ2v) is 9.54. The van der Waals surface area contributed by atoms with E-state index in [4.69, 9.17) is 14.2 Å². The third kappa shape index (κ3) is 11.3. The normalized spacial score (nSPS) is 12.2. The van der Waals surface area contributed by atoms with E-state index in [9.17, 15) is 4.57 Å². The molecule has 1 aromatic carbocycles. The van der Waals surface area contributed by atoms with Gasteiger partial charge in [-0.15, -0.1) is 11.3 Å². The van der Waals surface area contributed by atoms with Crippen molar-refractivity contribution in [2.24, 2.45) is 0 Å². The van der Waals surface area contributed by atoms with E-state index in [1.165, 1.54) is 55.4 Å². The summed E-state index contributed by atoms with van der Waals surface area (Å²) in [6.45, 7) is 4.80. The summed E-state index contributed by atoms with van der Waals surface area (Å²) in [5.41, 5.74) is 2.34. The number of rotatable bonds is 18. The molecule has 174 valence electrons. The van der Waals surface area contributed by atoms with Crippen molar-refractivity contribution in [2.75, 3.05) is 19.8 Å². The summed E-state index contributed by atoms with van der Waals surface area (Å²) in [6, 6.07) is 10.6. The van der Waals surface area contributed by atoms with Gasteiger partial charge in [-0.2, -0.15) is 0 Å². The minimum atomic E-state index is -2.82. The molecular formula is C24H38NO4PS. The maximum atomic E-state index is 10.5. The molecule has 2 aromatic rings. The minimum Gasteiger partial charge on any atom is -0.493 e. The van der Waals surface area contributed by atoms with Crippen LogP contribution in [0.5, 0.6) is 5.75 Å². The molecule has 0 aliphatic carbocycles. The van der Waals surface area contributed by atoms with E-state index in [2.05, 4.69) is 48.0 Å². The lowest BCUT2D eigenvalue weighted by Crippen LogP contribution is -2.16. The summed E-state index contributed by atoms with van der Waals surface area (Å²) in [7, 11) is -2.82. The summed E-state index contributed by atoms with van der Waals surface area (Å²) < 4.78 is 21.4. The zero-order valence-corrected chi connectivity index (χ0v) is 20.6. The molecule has 5 nitrogen and oxygen atoms in total. The van der Waals surface area contributed by atoms with Gasteiger partial charge in [0.2, 0.25) is 0 Å². The molecule has 0 aliphatic rings. The third-order valence-corrected chi connectivity index (χ3v) is 6.49. The maximum absolute atomic E-state index is 10.5. The quantitative estimate of drug-likeness (QED) is 0.186. The number of nitrogens with one attached hydrogen (secondary N) is 1. The Labute approximate surface area is 192 Å². The number of benzene rings is 1. The molecule has 0 amide bonds. The Morgan fingerprint density at radius 1 is 1.00 bits per heavy atom. The van der Waals surface area contributed by atoms with Crippen LogP contribution in [0.25, 0.3) is 10.4 Å². The molecular weight excluding hydrogens is 429 g/mol. The molecule has 1 aromatic heterocycles. The zero-order chi connectivity index (χ0) is 22.2. The first-order chi connectivity index (χ1) is 15.2. The third-order valence-electron chi connectivity index (χ3n) is 5.14. The van der Waals surface area contributed by atoms with Crippen LogP contribution >= 0.6 is 19.6 Å². The molecule has 0 bridgehead atoms. The van der Waals surface area contributed by atoms with E-state index >= 15 is 0 Å². The van der Waals surface area contributed by atoms with Gasteiger partial charge in [0, 0.05) is 17.0 Å². The monoisotopic (exact) mass is 467 g/mol. The van der Waals surface area contributed by atoms with Crippen molar-refractivity contribution in [1.29, 1.82) is 0 Å². The van der Waals surface area contributed by atoms with Crippen LogP contribution in [0.3, 0.4) is 0 Å². The van der Waals surface area contributed by atoms with Crippen LogP contribution in [0, 0.1) is 0 Å². The fraction of sp³-hybridized carbons (Fsp3) is 0.583. The highest BCUT2D eigenvalue weighted by atomic mass is 32.1. The first kappa shape index (κ1) is 26.1. The Morgan fingerprint density at radius 2 is 1.77 bits per heavy atom. The summed E-state index contributed by atoms with van der Waals surface area (Å²) in [5.74, 6) is 0.954. The van der Waals surface area contributed by atoms with Gasteiger partial charge in [0.15, 0.2) is 0 Å². The van der Waals surface area contributed by atoms with E-state index in [0.717, 1.165) is 37.4 Å². The predicted octanol–water partition coefficient (Wildman–Crippen LogP) is 6.81. The van der Waals surface area contributed by atoms with E-state index in [-0.39, 0.29) is 0 Å². The molecule has 0 saturated heterocycles. The maximum Gasteiger partial charge on any atom is 0.316 e. The first-order valence-electron chi connectivity index (χ1n) is 11.6. The lowest BCUT2D eigenvalue weighted by atomic mass is 10.1. The molecule has 0 spiro atoms. The number of ether oxygens (including phenoxy) is 1. The Balaban J connectivity index is 1.77. The zero-order valence-electron chi connectivity index (χ0n) is 18.7. The van der Waals surface area contributed by atoms with Crippen molar-refractivity contribution in [3.05, 3.63) is 41.3 Å². The van der Waals surface area contributed by atoms with Gasteiger partial charge in [-0.25, -0.2) is 0 Å². The molecule has 1 atom stereocenters. The van der Waals surface area contributed by atoms with Crippen LogP contribution in [-0.2, 0) is 15.6 Å². The molecule has 0 aliphatic heterocycles. The van der Waals surface area contributed by atoms with Crippen LogP contribution in [-0.4, -0.2) is 24.7 Å². The van der Waals surface area contributed by atoms with Crippen LogP contribution in [0.4, 0.5) is 0 Å². The minimum absolute atomic E-state index is 0.299. The highest BCUT2D eigenvalue weighted by Gasteiger charge is 2.09. The van der Waals surface area contributed by atoms with E-state index < -0.39 is 8.25 Å². The fourth-order valence-corrected chi connectivity index (χ4v) is 4.51. The van der Waals surface area contributed by atoms with Crippen molar-refractivity contribution in [2.45, 2.75) is 71.3 Å². The lowest BCUT2D eigenvalue weighted by molar-refractivity contribution is 0.276. The van der Waals surface area contributed by atoms with Crippen molar-refractivity contribution in [3.8, 4) is 16.2 Å². The van der Waals surface area contributed by atoms with Crippen molar-refractivity contribution < 1.29 is 18.7 Å². The largest absolute Gasteiger partial charge is 0.493 e. The van der Waals surface area contributed by atoms with Gasteiger partial charge in [-0.05, 0) is 48.5 Å². The lowest BCUT2D eigenvalue weighted by Gasteiger charge is -2.13. The second kappa shape index (κ2) is 16.5. The van der Waals surface area contributed by atoms with Crippen molar-refractivity contribution >= 4 is 19.6 Å². The SMILES string of the molecule is CCCCCCCCCCOc1ccc(CNCCCO[PH](=O)O)cc1-c1cccs1. The molecule has 1 heterocycles. The molecule has 0 saturated carbocycles. The summed E-state index contributed by atoms with van der Waals surface area (Å²) >= 11 is 1.73. The van der Waals surface area contributed by atoms with Gasteiger partial charge in [0.05, 0.1) is 13.2 Å². The molecule has 0 radical (unpaired) electrons. The first-order valence-corrected chi connectivity index (χ1v) is 13.7. The summed E-state index contributed by atoms with van der Waals surface area (Å²) in [5, 5.41) is 5.45. The predicted molar refractivity (Wildman–Crippen MR) is 131 cm³/mol. The van der Waals surface area contributed by atoms with Gasteiger partial charge >= 0.3 is 8.25 Å². The van der Waals surface area contributed by atoms with Crippen LogP contribution in [0.2, 0.25) is 0 Å². The standard InChI is InChI=1S/C24H38NO4PS/c1-2-3-4-5-6-7-8-9-16-28-23-14-13-21(19-22(23)24-12-10-18-31-24)20-25-15-11-17-29-30(26)27/h10,12-14,18-19,25,30H,2-9,11,15-17,20H2,1H3,(H,26,27). The highest BCUT2D eigenvalue weighted by molar-refractivity contribution is 7.32. The fourth-order valence-electron chi connectivity index (χ4n) is 3.44. The summed E-state index contributed by atoms with van der Waals surface area (Å²) in [6.07, 6.45) is 11.1. The number of hydrogen-bond donors (Lipinski definition) is 2.